The lowest BCUT2D eigenvalue weighted by molar-refractivity contribution is -0.131. The fourth-order valence-corrected chi connectivity index (χ4v) is 4.80. The van der Waals surface area contributed by atoms with Crippen LogP contribution in [0.15, 0.2) is 97.1 Å². The fourth-order valence-electron chi connectivity index (χ4n) is 4.80. The van der Waals surface area contributed by atoms with Crippen molar-refractivity contribution in [3.05, 3.63) is 126 Å². The van der Waals surface area contributed by atoms with Gasteiger partial charge in [-0.2, -0.15) is 0 Å². The van der Waals surface area contributed by atoms with E-state index < -0.39 is 6.10 Å². The smallest absolute Gasteiger partial charge is 0.233 e. The van der Waals surface area contributed by atoms with E-state index in [9.17, 15) is 23.1 Å². The summed E-state index contributed by atoms with van der Waals surface area (Å²) in [7, 11) is 0. The maximum Gasteiger partial charge on any atom is 0.233 e. The number of nitrogens with zero attached hydrogens (tertiary/aromatic N) is 1. The maximum absolute atomic E-state index is 13.5. The van der Waals surface area contributed by atoms with Gasteiger partial charge in [-0.1, -0.05) is 48.5 Å². The van der Waals surface area contributed by atoms with Crippen molar-refractivity contribution in [3.63, 3.8) is 0 Å². The summed E-state index contributed by atoms with van der Waals surface area (Å²) in [5, 5.41) is 10.6. The highest BCUT2D eigenvalue weighted by atomic mass is 19.1. The van der Waals surface area contributed by atoms with Crippen LogP contribution in [0.25, 0.3) is 11.1 Å². The molecular weight excluding hydrogens is 463 g/mol. The molecular formula is C30H24F3NO2. The molecule has 0 aliphatic carbocycles. The number of aliphatic hydroxyl groups excluding tert-OH is 1. The summed E-state index contributed by atoms with van der Waals surface area (Å²) in [5.74, 6) is -1.53. The molecule has 0 bridgehead atoms. The largest absolute Gasteiger partial charge is 0.388 e. The van der Waals surface area contributed by atoms with Gasteiger partial charge >= 0.3 is 0 Å². The lowest BCUT2D eigenvalue weighted by Crippen LogP contribution is -2.55. The Labute approximate surface area is 207 Å². The van der Waals surface area contributed by atoms with Gasteiger partial charge in [0, 0.05) is 5.69 Å². The van der Waals surface area contributed by atoms with Crippen molar-refractivity contribution in [1.29, 1.82) is 0 Å². The molecule has 36 heavy (non-hydrogen) atoms. The minimum Gasteiger partial charge on any atom is -0.388 e. The van der Waals surface area contributed by atoms with Gasteiger partial charge in [-0.15, -0.1) is 0 Å². The molecule has 1 aliphatic heterocycles. The molecule has 0 unspecified atom stereocenters. The van der Waals surface area contributed by atoms with Crippen LogP contribution in [0.3, 0.4) is 0 Å². The molecule has 3 atom stereocenters. The van der Waals surface area contributed by atoms with E-state index >= 15 is 0 Å². The molecule has 1 aliphatic rings. The second-order valence-corrected chi connectivity index (χ2v) is 9.01. The number of hydrogen-bond acceptors (Lipinski definition) is 2. The Bertz CT molecular complexity index is 1340. The summed E-state index contributed by atoms with van der Waals surface area (Å²) in [6.45, 7) is 0. The Morgan fingerprint density at radius 1 is 0.694 bits per heavy atom. The summed E-state index contributed by atoms with van der Waals surface area (Å²) >= 11 is 0. The molecule has 1 amide bonds. The monoisotopic (exact) mass is 487 g/mol. The Morgan fingerprint density at radius 3 is 1.72 bits per heavy atom. The van der Waals surface area contributed by atoms with Crippen molar-refractivity contribution in [2.45, 2.75) is 25.0 Å². The van der Waals surface area contributed by atoms with Gasteiger partial charge in [-0.3, -0.25) is 4.79 Å². The van der Waals surface area contributed by atoms with E-state index in [1.807, 2.05) is 24.3 Å². The SMILES string of the molecule is O=C1[C@H](CC[C@H](O)c2ccc(F)cc2)[C@@H](c2ccc(-c3ccc(F)cc3)cc2)N1c1ccc(F)cc1. The molecule has 4 aromatic carbocycles. The van der Waals surface area contributed by atoms with Crippen molar-refractivity contribution in [1.82, 2.24) is 0 Å². The molecule has 1 saturated heterocycles. The molecule has 0 spiro atoms. The average Bonchev–Trinajstić information content (AvgIpc) is 2.89. The number of benzene rings is 4. The van der Waals surface area contributed by atoms with Crippen LogP contribution in [0, 0.1) is 23.4 Å². The van der Waals surface area contributed by atoms with Crippen LogP contribution in [-0.4, -0.2) is 11.0 Å². The normalized spacial score (nSPS) is 18.1. The number of amides is 1. The quantitative estimate of drug-likeness (QED) is 0.286. The van der Waals surface area contributed by atoms with E-state index in [-0.39, 0.29) is 35.3 Å². The Hall–Kier alpha value is -3.90. The molecule has 6 heteroatoms. The lowest BCUT2D eigenvalue weighted by Gasteiger charge is -2.48. The summed E-state index contributed by atoms with van der Waals surface area (Å²) in [5.41, 5.74) is 3.90. The van der Waals surface area contributed by atoms with E-state index in [1.165, 1.54) is 36.4 Å². The van der Waals surface area contributed by atoms with Crippen LogP contribution in [0.1, 0.15) is 36.1 Å². The second kappa shape index (κ2) is 9.99. The van der Waals surface area contributed by atoms with Gasteiger partial charge in [0.25, 0.3) is 0 Å². The van der Waals surface area contributed by atoms with Gasteiger partial charge in [-0.05, 0) is 83.6 Å². The number of aliphatic hydroxyl groups is 1. The molecule has 5 rings (SSSR count). The molecule has 182 valence electrons. The Morgan fingerprint density at radius 2 is 1.17 bits per heavy atom. The molecule has 0 aromatic heterocycles. The highest BCUT2D eigenvalue weighted by Crippen LogP contribution is 2.46. The zero-order valence-electron chi connectivity index (χ0n) is 19.3. The van der Waals surface area contributed by atoms with Gasteiger partial charge < -0.3 is 10.0 Å². The molecule has 4 aromatic rings. The van der Waals surface area contributed by atoms with Crippen molar-refractivity contribution in [2.24, 2.45) is 5.92 Å². The predicted octanol–water partition coefficient (Wildman–Crippen LogP) is 6.99. The van der Waals surface area contributed by atoms with Gasteiger partial charge in [0.1, 0.15) is 17.5 Å². The fraction of sp³-hybridized carbons (Fsp3) is 0.167. The molecule has 0 saturated carbocycles. The molecule has 1 fully saturated rings. The first kappa shape index (κ1) is 23.8. The van der Waals surface area contributed by atoms with Crippen LogP contribution >= 0.6 is 0 Å². The Balaban J connectivity index is 1.39. The van der Waals surface area contributed by atoms with E-state index in [1.54, 1.807) is 41.3 Å². The first-order valence-electron chi connectivity index (χ1n) is 11.8. The molecule has 1 heterocycles. The van der Waals surface area contributed by atoms with E-state index in [4.69, 9.17) is 0 Å². The highest BCUT2D eigenvalue weighted by molar-refractivity contribution is 6.03. The van der Waals surface area contributed by atoms with Crippen LogP contribution in [0.2, 0.25) is 0 Å². The van der Waals surface area contributed by atoms with E-state index in [0.717, 1.165) is 16.7 Å². The minimum absolute atomic E-state index is 0.0967. The van der Waals surface area contributed by atoms with Gasteiger partial charge in [0.15, 0.2) is 0 Å². The van der Waals surface area contributed by atoms with E-state index in [2.05, 4.69) is 0 Å². The third-order valence-electron chi connectivity index (χ3n) is 6.75. The summed E-state index contributed by atoms with van der Waals surface area (Å²) in [4.78, 5) is 14.9. The van der Waals surface area contributed by atoms with Crippen LogP contribution in [0.5, 0.6) is 0 Å². The summed E-state index contributed by atoms with van der Waals surface area (Å²) in [6, 6.07) is 25.2. The van der Waals surface area contributed by atoms with Gasteiger partial charge in [0.05, 0.1) is 18.1 Å². The topological polar surface area (TPSA) is 40.5 Å². The first-order chi connectivity index (χ1) is 17.4. The van der Waals surface area contributed by atoms with Crippen molar-refractivity contribution in [3.8, 4) is 11.1 Å². The van der Waals surface area contributed by atoms with Crippen LogP contribution < -0.4 is 4.90 Å². The number of anilines is 1. The lowest BCUT2D eigenvalue weighted by atomic mass is 9.78. The van der Waals surface area contributed by atoms with Crippen LogP contribution in [-0.2, 0) is 4.79 Å². The van der Waals surface area contributed by atoms with Crippen LogP contribution in [0.4, 0.5) is 18.9 Å². The maximum atomic E-state index is 13.5. The number of halogens is 3. The zero-order chi connectivity index (χ0) is 25.2. The summed E-state index contributed by atoms with van der Waals surface area (Å²) < 4.78 is 40.0. The Kier molecular flexibility index (Phi) is 6.61. The second-order valence-electron chi connectivity index (χ2n) is 9.01. The number of β-lactam (4-membered cyclic amide) rings is 1. The average molecular weight is 488 g/mol. The predicted molar refractivity (Wildman–Crippen MR) is 133 cm³/mol. The van der Waals surface area contributed by atoms with Gasteiger partial charge in [0.2, 0.25) is 5.91 Å². The van der Waals surface area contributed by atoms with Crippen molar-refractivity contribution in [2.75, 3.05) is 4.90 Å². The van der Waals surface area contributed by atoms with E-state index in [0.29, 0.717) is 24.1 Å². The molecule has 0 radical (unpaired) electrons. The minimum atomic E-state index is -0.820. The number of rotatable bonds is 7. The van der Waals surface area contributed by atoms with Crippen molar-refractivity contribution >= 4 is 11.6 Å². The standard InChI is InChI=1S/C30H24F3NO2/c31-23-9-5-20(6-10-23)19-1-3-22(4-2-19)29-27(17-18-28(35)21-7-11-24(32)12-8-21)30(36)34(29)26-15-13-25(33)14-16-26/h1-16,27-29,35H,17-18H2/t27-,28+,29-/m1/s1. The number of carbonyl (C=O) groups excluding carboxylic acids is 1. The van der Waals surface area contributed by atoms with Crippen molar-refractivity contribution < 1.29 is 23.1 Å². The molecule has 1 N–H and O–H groups in total. The molecule has 3 nitrogen and oxygen atoms in total. The van der Waals surface area contributed by atoms with Gasteiger partial charge in [-0.25, -0.2) is 13.2 Å². The number of carbonyl (C=O) groups is 1. The highest BCUT2D eigenvalue weighted by Gasteiger charge is 2.48. The third-order valence-corrected chi connectivity index (χ3v) is 6.75. The zero-order valence-corrected chi connectivity index (χ0v) is 19.3. The summed E-state index contributed by atoms with van der Waals surface area (Å²) in [6.07, 6.45) is -0.0529. The number of hydrogen-bond donors (Lipinski definition) is 1. The third kappa shape index (κ3) is 4.77. The first-order valence-corrected chi connectivity index (χ1v) is 11.8.